The van der Waals surface area contributed by atoms with Gasteiger partial charge >= 0.3 is 11.8 Å². The number of aromatic nitrogens is 2. The van der Waals surface area contributed by atoms with Gasteiger partial charge in [0.15, 0.2) is 0 Å². The van der Waals surface area contributed by atoms with Crippen molar-refractivity contribution in [1.29, 1.82) is 0 Å². The summed E-state index contributed by atoms with van der Waals surface area (Å²) in [7, 11) is 0. The highest BCUT2D eigenvalue weighted by Crippen LogP contribution is 2.29. The van der Waals surface area contributed by atoms with E-state index >= 15 is 0 Å². The molecular formula is C31H33N5O4. The molecule has 1 aliphatic heterocycles. The zero-order valence-corrected chi connectivity index (χ0v) is 22.5. The Morgan fingerprint density at radius 3 is 2.25 bits per heavy atom. The number of nitrogens with zero attached hydrogens (tertiary/aromatic N) is 3. The van der Waals surface area contributed by atoms with Crippen LogP contribution in [0.1, 0.15) is 22.5 Å². The van der Waals surface area contributed by atoms with Gasteiger partial charge in [0.2, 0.25) is 0 Å². The zero-order chi connectivity index (χ0) is 27.9. The van der Waals surface area contributed by atoms with Gasteiger partial charge < -0.3 is 20.3 Å². The van der Waals surface area contributed by atoms with Crippen molar-refractivity contribution in [3.05, 3.63) is 107 Å². The lowest BCUT2D eigenvalue weighted by atomic mass is 10.1. The standard InChI is InChI=1S/C31H33N5O4/c1-23-11-8-9-16-26(23)36-27(24-12-4-2-5-13-24)28(29(37)34-21-18-32-19-22-34)35(31(36)39)20-10-17-33-30(38)40-25-14-6-3-7-15-25/h2-9,11-16,32H,10,17-22H2,1H3,(H,33,38). The zero-order valence-electron chi connectivity index (χ0n) is 22.5. The number of carbonyl (C=O) groups is 2. The summed E-state index contributed by atoms with van der Waals surface area (Å²) in [4.78, 5) is 42.3. The van der Waals surface area contributed by atoms with Gasteiger partial charge in [0.1, 0.15) is 11.4 Å². The minimum atomic E-state index is -0.571. The van der Waals surface area contributed by atoms with Gasteiger partial charge in [-0.05, 0) is 37.1 Å². The number of ether oxygens (including phenoxy) is 1. The molecular weight excluding hydrogens is 506 g/mol. The summed E-state index contributed by atoms with van der Waals surface area (Å²) >= 11 is 0. The normalized spacial score (nSPS) is 13.2. The smallest absolute Gasteiger partial charge is 0.410 e. The molecule has 1 aromatic heterocycles. The summed E-state index contributed by atoms with van der Waals surface area (Å²) in [6.07, 6.45) is -0.143. The highest BCUT2D eigenvalue weighted by atomic mass is 16.6. The molecule has 0 radical (unpaired) electrons. The minimum Gasteiger partial charge on any atom is -0.410 e. The van der Waals surface area contributed by atoms with Crippen LogP contribution in [0, 0.1) is 6.92 Å². The van der Waals surface area contributed by atoms with Gasteiger partial charge in [0, 0.05) is 44.8 Å². The Bertz CT molecular complexity index is 1520. The third-order valence-corrected chi connectivity index (χ3v) is 6.93. The van der Waals surface area contributed by atoms with Crippen LogP contribution in [0.15, 0.2) is 89.7 Å². The number of aryl methyl sites for hydroxylation is 1. The lowest BCUT2D eigenvalue weighted by Crippen LogP contribution is -2.47. The molecule has 40 heavy (non-hydrogen) atoms. The Morgan fingerprint density at radius 2 is 1.55 bits per heavy atom. The van der Waals surface area contributed by atoms with Gasteiger partial charge in [0.05, 0.1) is 11.4 Å². The third-order valence-electron chi connectivity index (χ3n) is 6.93. The van der Waals surface area contributed by atoms with E-state index in [9.17, 15) is 14.4 Å². The third kappa shape index (κ3) is 5.84. The number of imidazole rings is 1. The summed E-state index contributed by atoms with van der Waals surface area (Å²) < 4.78 is 8.50. The van der Waals surface area contributed by atoms with Crippen molar-refractivity contribution in [3.63, 3.8) is 0 Å². The molecule has 5 rings (SSSR count). The van der Waals surface area contributed by atoms with E-state index in [4.69, 9.17) is 4.74 Å². The average molecular weight is 540 g/mol. The largest absolute Gasteiger partial charge is 0.412 e. The Hall–Kier alpha value is -4.63. The maximum absolute atomic E-state index is 14.1. The van der Waals surface area contributed by atoms with Crippen LogP contribution >= 0.6 is 0 Å². The van der Waals surface area contributed by atoms with Gasteiger partial charge in [-0.1, -0.05) is 66.7 Å². The number of piperazine rings is 1. The second kappa shape index (κ2) is 12.5. The first-order valence-electron chi connectivity index (χ1n) is 13.5. The molecule has 0 unspecified atom stereocenters. The highest BCUT2D eigenvalue weighted by molar-refractivity contribution is 5.99. The van der Waals surface area contributed by atoms with Crippen molar-refractivity contribution in [2.75, 3.05) is 32.7 Å². The van der Waals surface area contributed by atoms with Gasteiger partial charge in [-0.15, -0.1) is 0 Å². The number of carbonyl (C=O) groups excluding carboxylic acids is 2. The molecule has 1 saturated heterocycles. The first-order chi connectivity index (χ1) is 19.5. The first kappa shape index (κ1) is 27.0. The van der Waals surface area contributed by atoms with E-state index in [1.165, 1.54) is 0 Å². The van der Waals surface area contributed by atoms with Crippen molar-refractivity contribution < 1.29 is 14.3 Å². The quantitative estimate of drug-likeness (QED) is 0.332. The maximum Gasteiger partial charge on any atom is 0.412 e. The van der Waals surface area contributed by atoms with Gasteiger partial charge in [-0.2, -0.15) is 0 Å². The van der Waals surface area contributed by atoms with E-state index < -0.39 is 6.09 Å². The maximum atomic E-state index is 14.1. The Labute approximate surface area is 233 Å². The molecule has 2 N–H and O–H groups in total. The van der Waals surface area contributed by atoms with E-state index in [2.05, 4.69) is 10.6 Å². The SMILES string of the molecule is Cc1ccccc1-n1c(-c2ccccc2)c(C(=O)N2CCNCC2)n(CCCNC(=O)Oc2ccccc2)c1=O. The molecule has 1 fully saturated rings. The van der Waals surface area contributed by atoms with E-state index in [-0.39, 0.29) is 24.7 Å². The fraction of sp³-hybridized carbons (Fsp3) is 0.258. The van der Waals surface area contributed by atoms with Crippen molar-refractivity contribution in [3.8, 4) is 22.7 Å². The molecule has 9 heteroatoms. The van der Waals surface area contributed by atoms with Crippen LogP contribution in [-0.4, -0.2) is 58.8 Å². The summed E-state index contributed by atoms with van der Waals surface area (Å²) in [5.74, 6) is 0.268. The number of amides is 2. The first-order valence-corrected chi connectivity index (χ1v) is 13.5. The highest BCUT2D eigenvalue weighted by Gasteiger charge is 2.31. The fourth-order valence-electron chi connectivity index (χ4n) is 4.95. The van der Waals surface area contributed by atoms with Crippen molar-refractivity contribution in [2.45, 2.75) is 19.9 Å². The van der Waals surface area contributed by atoms with Gasteiger partial charge in [-0.3, -0.25) is 13.9 Å². The minimum absolute atomic E-state index is 0.179. The number of benzene rings is 3. The molecule has 0 aliphatic carbocycles. The van der Waals surface area contributed by atoms with Crippen LogP contribution < -0.4 is 21.1 Å². The lowest BCUT2D eigenvalue weighted by molar-refractivity contribution is 0.0725. The molecule has 0 bridgehead atoms. The Morgan fingerprint density at radius 1 is 0.900 bits per heavy atom. The number of rotatable bonds is 8. The number of nitrogens with one attached hydrogen (secondary N) is 2. The second-order valence-electron chi connectivity index (χ2n) is 9.64. The molecule has 2 amide bonds. The molecule has 9 nitrogen and oxygen atoms in total. The molecule has 0 saturated carbocycles. The van der Waals surface area contributed by atoms with E-state index in [1.807, 2.05) is 67.6 Å². The molecule has 4 aromatic rings. The summed E-state index contributed by atoms with van der Waals surface area (Å²) in [5, 5.41) is 6.02. The van der Waals surface area contributed by atoms with Crippen LogP contribution in [0.4, 0.5) is 4.79 Å². The van der Waals surface area contributed by atoms with Crippen molar-refractivity contribution in [1.82, 2.24) is 24.7 Å². The lowest BCUT2D eigenvalue weighted by Gasteiger charge is -2.28. The van der Waals surface area contributed by atoms with Crippen LogP contribution in [0.5, 0.6) is 5.75 Å². The number of para-hydroxylation sites is 2. The molecule has 1 aliphatic rings. The van der Waals surface area contributed by atoms with Crippen LogP contribution in [0.3, 0.4) is 0 Å². The van der Waals surface area contributed by atoms with Crippen LogP contribution in [-0.2, 0) is 6.54 Å². The van der Waals surface area contributed by atoms with Crippen molar-refractivity contribution in [2.24, 2.45) is 0 Å². The molecule has 206 valence electrons. The molecule has 0 spiro atoms. The monoisotopic (exact) mass is 539 g/mol. The topological polar surface area (TPSA) is 97.6 Å². The molecule has 2 heterocycles. The number of hydrogen-bond donors (Lipinski definition) is 2. The van der Waals surface area contributed by atoms with E-state index in [0.717, 1.165) is 16.8 Å². The molecule has 0 atom stereocenters. The second-order valence-corrected chi connectivity index (χ2v) is 9.64. The predicted molar refractivity (Wildman–Crippen MR) is 154 cm³/mol. The summed E-state index contributed by atoms with van der Waals surface area (Å²) in [6, 6.07) is 26.0. The van der Waals surface area contributed by atoms with Gasteiger partial charge in [0.25, 0.3) is 5.91 Å². The average Bonchev–Trinajstić information content (AvgIpc) is 3.28. The predicted octanol–water partition coefficient (Wildman–Crippen LogP) is 3.84. The summed E-state index contributed by atoms with van der Waals surface area (Å²) in [5.41, 5.74) is 3.06. The summed E-state index contributed by atoms with van der Waals surface area (Å²) in [6.45, 7) is 4.98. The van der Waals surface area contributed by atoms with Crippen LogP contribution in [0.2, 0.25) is 0 Å². The molecule has 3 aromatic carbocycles. The van der Waals surface area contributed by atoms with E-state index in [0.29, 0.717) is 49.7 Å². The van der Waals surface area contributed by atoms with Crippen molar-refractivity contribution >= 4 is 12.0 Å². The fourth-order valence-corrected chi connectivity index (χ4v) is 4.95. The Kier molecular flexibility index (Phi) is 8.41. The number of hydrogen-bond acceptors (Lipinski definition) is 5. The van der Waals surface area contributed by atoms with E-state index in [1.54, 1.807) is 38.3 Å². The Balaban J connectivity index is 1.50. The van der Waals surface area contributed by atoms with Crippen LogP contribution in [0.25, 0.3) is 16.9 Å². The van der Waals surface area contributed by atoms with Gasteiger partial charge in [-0.25, -0.2) is 9.59 Å².